The molecule has 0 unspecified atom stereocenters. The van der Waals surface area contributed by atoms with E-state index in [1.54, 1.807) is 6.92 Å². The van der Waals surface area contributed by atoms with Crippen molar-refractivity contribution in [1.82, 2.24) is 10.9 Å². The minimum atomic E-state index is -0.302. The van der Waals surface area contributed by atoms with Gasteiger partial charge in [0.1, 0.15) is 0 Å². The highest BCUT2D eigenvalue weighted by atomic mass is 16.2. The van der Waals surface area contributed by atoms with E-state index < -0.39 is 0 Å². The second kappa shape index (κ2) is 6.24. The van der Waals surface area contributed by atoms with Gasteiger partial charge in [0.05, 0.1) is 5.92 Å². The van der Waals surface area contributed by atoms with E-state index in [0.29, 0.717) is 6.42 Å². The molecule has 0 aromatic heterocycles. The summed E-state index contributed by atoms with van der Waals surface area (Å²) in [5.74, 6) is -0.506. The maximum absolute atomic E-state index is 12.5. The number of benzene rings is 2. The minimum Gasteiger partial charge on any atom is -0.273 e. The van der Waals surface area contributed by atoms with Crippen molar-refractivity contribution in [3.8, 4) is 0 Å². The Hall–Kier alpha value is -2.62. The van der Waals surface area contributed by atoms with Crippen molar-refractivity contribution in [1.29, 1.82) is 0 Å². The first-order valence-corrected chi connectivity index (χ1v) is 7.88. The van der Waals surface area contributed by atoms with Crippen LogP contribution < -0.4 is 10.9 Å². The summed E-state index contributed by atoms with van der Waals surface area (Å²) in [6, 6.07) is 20.2. The van der Waals surface area contributed by atoms with Crippen LogP contribution in [-0.4, -0.2) is 11.8 Å². The maximum Gasteiger partial charge on any atom is 0.242 e. The molecule has 0 radical (unpaired) electrons. The van der Waals surface area contributed by atoms with Gasteiger partial charge in [-0.15, -0.1) is 0 Å². The highest BCUT2D eigenvalue weighted by molar-refractivity contribution is 5.88. The molecule has 1 saturated carbocycles. The third-order valence-corrected chi connectivity index (χ3v) is 4.50. The highest BCUT2D eigenvalue weighted by Gasteiger charge is 2.60. The molecule has 1 aliphatic rings. The summed E-state index contributed by atoms with van der Waals surface area (Å²) >= 11 is 0. The van der Waals surface area contributed by atoms with Crippen LogP contribution in [-0.2, 0) is 15.0 Å². The zero-order valence-electron chi connectivity index (χ0n) is 13.1. The fraction of sp³-hybridized carbons (Fsp3) is 0.263. The molecule has 0 saturated heterocycles. The van der Waals surface area contributed by atoms with Crippen LogP contribution in [0.5, 0.6) is 0 Å². The number of hydrogen-bond donors (Lipinski definition) is 2. The largest absolute Gasteiger partial charge is 0.273 e. The average Bonchev–Trinajstić information content (AvgIpc) is 3.38. The number of carbonyl (C=O) groups is 2. The van der Waals surface area contributed by atoms with E-state index in [1.165, 1.54) is 0 Å². The van der Waals surface area contributed by atoms with Crippen molar-refractivity contribution in [3.63, 3.8) is 0 Å². The first-order chi connectivity index (χ1) is 11.2. The summed E-state index contributed by atoms with van der Waals surface area (Å²) in [7, 11) is 0. The van der Waals surface area contributed by atoms with Crippen LogP contribution in [0.25, 0.3) is 0 Å². The lowest BCUT2D eigenvalue weighted by Crippen LogP contribution is -2.43. The smallest absolute Gasteiger partial charge is 0.242 e. The number of hydrogen-bond acceptors (Lipinski definition) is 2. The van der Waals surface area contributed by atoms with Gasteiger partial charge in [-0.25, -0.2) is 0 Å². The molecule has 2 aromatic rings. The van der Waals surface area contributed by atoms with Crippen LogP contribution in [0.2, 0.25) is 0 Å². The average molecular weight is 308 g/mol. The van der Waals surface area contributed by atoms with E-state index in [9.17, 15) is 9.59 Å². The summed E-state index contributed by atoms with van der Waals surface area (Å²) in [5.41, 5.74) is 6.97. The molecule has 4 nitrogen and oxygen atoms in total. The van der Waals surface area contributed by atoms with Crippen molar-refractivity contribution in [2.75, 3.05) is 0 Å². The molecule has 2 N–H and O–H groups in total. The van der Waals surface area contributed by atoms with E-state index in [4.69, 9.17) is 0 Å². The SMILES string of the molecule is CCC(=O)NNC(=O)[C@H]1CC1(c1ccccc1)c1ccccc1. The Labute approximate surface area is 135 Å². The number of amides is 2. The van der Waals surface area contributed by atoms with Crippen LogP contribution >= 0.6 is 0 Å². The van der Waals surface area contributed by atoms with Crippen LogP contribution in [0.3, 0.4) is 0 Å². The van der Waals surface area contributed by atoms with Gasteiger partial charge in [-0.2, -0.15) is 0 Å². The van der Waals surface area contributed by atoms with Crippen LogP contribution in [0, 0.1) is 5.92 Å². The van der Waals surface area contributed by atoms with Gasteiger partial charge < -0.3 is 0 Å². The zero-order chi connectivity index (χ0) is 16.3. The molecular formula is C19H20N2O2. The maximum atomic E-state index is 12.5. The van der Waals surface area contributed by atoms with Gasteiger partial charge in [0, 0.05) is 11.8 Å². The lowest BCUT2D eigenvalue weighted by molar-refractivity contribution is -0.129. The normalized spacial score (nSPS) is 18.0. The number of carbonyl (C=O) groups excluding carboxylic acids is 2. The van der Waals surface area contributed by atoms with Gasteiger partial charge in [0.2, 0.25) is 11.8 Å². The molecule has 0 spiro atoms. The Morgan fingerprint density at radius 1 is 0.957 bits per heavy atom. The van der Waals surface area contributed by atoms with E-state index in [2.05, 4.69) is 35.1 Å². The predicted molar refractivity (Wildman–Crippen MR) is 88.3 cm³/mol. The Morgan fingerprint density at radius 3 is 1.96 bits per heavy atom. The van der Waals surface area contributed by atoms with Gasteiger partial charge in [-0.1, -0.05) is 67.6 Å². The Morgan fingerprint density at radius 2 is 1.48 bits per heavy atom. The van der Waals surface area contributed by atoms with Gasteiger partial charge in [0.15, 0.2) is 0 Å². The monoisotopic (exact) mass is 308 g/mol. The quantitative estimate of drug-likeness (QED) is 0.853. The minimum absolute atomic E-state index is 0.139. The molecular weight excluding hydrogens is 288 g/mol. The van der Waals surface area contributed by atoms with Crippen LogP contribution in [0.15, 0.2) is 60.7 Å². The molecule has 2 aromatic carbocycles. The molecule has 23 heavy (non-hydrogen) atoms. The molecule has 1 fully saturated rings. The molecule has 0 aliphatic heterocycles. The summed E-state index contributed by atoms with van der Waals surface area (Å²) in [5, 5.41) is 0. The van der Waals surface area contributed by atoms with Gasteiger partial charge in [-0.05, 0) is 17.5 Å². The molecule has 1 atom stereocenters. The lowest BCUT2D eigenvalue weighted by atomic mass is 9.85. The fourth-order valence-electron chi connectivity index (χ4n) is 3.16. The van der Waals surface area contributed by atoms with Gasteiger partial charge >= 0.3 is 0 Å². The fourth-order valence-corrected chi connectivity index (χ4v) is 3.16. The summed E-state index contributed by atoms with van der Waals surface area (Å²) in [6.45, 7) is 1.75. The lowest BCUT2D eigenvalue weighted by Gasteiger charge is -2.19. The third kappa shape index (κ3) is 2.84. The molecule has 3 rings (SSSR count). The molecule has 1 aliphatic carbocycles. The van der Waals surface area contributed by atoms with Crippen molar-refractivity contribution in [2.45, 2.75) is 25.2 Å². The Kier molecular flexibility index (Phi) is 4.15. The van der Waals surface area contributed by atoms with Crippen LogP contribution in [0.1, 0.15) is 30.9 Å². The molecule has 0 heterocycles. The third-order valence-electron chi connectivity index (χ3n) is 4.50. The number of hydrazine groups is 1. The van der Waals surface area contributed by atoms with Crippen molar-refractivity contribution < 1.29 is 9.59 Å². The molecule has 2 amide bonds. The first-order valence-electron chi connectivity index (χ1n) is 7.88. The van der Waals surface area contributed by atoms with Crippen molar-refractivity contribution in [3.05, 3.63) is 71.8 Å². The van der Waals surface area contributed by atoms with Crippen molar-refractivity contribution in [2.24, 2.45) is 5.92 Å². The number of rotatable bonds is 4. The summed E-state index contributed by atoms with van der Waals surface area (Å²) in [4.78, 5) is 23.8. The van der Waals surface area contributed by atoms with Gasteiger partial charge in [-0.3, -0.25) is 20.4 Å². The van der Waals surface area contributed by atoms with Gasteiger partial charge in [0.25, 0.3) is 0 Å². The van der Waals surface area contributed by atoms with E-state index in [0.717, 1.165) is 17.5 Å². The second-order valence-corrected chi connectivity index (χ2v) is 5.85. The van der Waals surface area contributed by atoms with E-state index in [-0.39, 0.29) is 23.1 Å². The van der Waals surface area contributed by atoms with Crippen molar-refractivity contribution >= 4 is 11.8 Å². The zero-order valence-corrected chi connectivity index (χ0v) is 13.1. The standard InChI is InChI=1S/C19H20N2O2/c1-2-17(22)20-21-18(23)16-13-19(16,14-9-5-3-6-10-14)15-11-7-4-8-12-15/h3-12,16H,2,13H2,1H3,(H,20,22)(H,21,23)/t16-/m1/s1. The topological polar surface area (TPSA) is 58.2 Å². The summed E-state index contributed by atoms with van der Waals surface area (Å²) in [6.07, 6.45) is 1.09. The Bertz CT molecular complexity index is 658. The second-order valence-electron chi connectivity index (χ2n) is 5.85. The predicted octanol–water partition coefficient (Wildman–Crippen LogP) is 2.55. The number of nitrogens with one attached hydrogen (secondary N) is 2. The molecule has 118 valence electrons. The molecule has 0 bridgehead atoms. The highest BCUT2D eigenvalue weighted by Crippen LogP contribution is 2.58. The summed E-state index contributed by atoms with van der Waals surface area (Å²) < 4.78 is 0. The van der Waals surface area contributed by atoms with E-state index in [1.807, 2.05) is 36.4 Å². The first kappa shape index (κ1) is 15.3. The van der Waals surface area contributed by atoms with E-state index >= 15 is 0 Å². The molecule has 4 heteroatoms. The van der Waals surface area contributed by atoms with Crippen LogP contribution in [0.4, 0.5) is 0 Å². The Balaban J connectivity index is 1.86.